The van der Waals surface area contributed by atoms with Gasteiger partial charge in [-0.25, -0.2) is 4.79 Å². The van der Waals surface area contributed by atoms with E-state index in [2.05, 4.69) is 0 Å². The number of β-amino-alcohol motifs (C(OH)–C–C–N with tert-alkyl or cyclic N) is 1. The second-order valence-electron chi connectivity index (χ2n) is 11.5. The zero-order valence-corrected chi connectivity index (χ0v) is 21.6. The molecule has 2 atom stereocenters. The van der Waals surface area contributed by atoms with Crippen molar-refractivity contribution in [3.8, 4) is 0 Å². The van der Waals surface area contributed by atoms with Crippen molar-refractivity contribution >= 4 is 24.6 Å². The van der Waals surface area contributed by atoms with Crippen LogP contribution in [0.1, 0.15) is 61.7 Å². The topological polar surface area (TPSA) is 111 Å². The molecule has 0 fully saturated rings. The van der Waals surface area contributed by atoms with Crippen molar-refractivity contribution in [3.05, 3.63) is 64.7 Å². The first-order valence-electron chi connectivity index (χ1n) is 12.3. The molecule has 9 heteroatoms. The van der Waals surface area contributed by atoms with Gasteiger partial charge in [0.2, 0.25) is 0 Å². The third-order valence-electron chi connectivity index (χ3n) is 6.94. The summed E-state index contributed by atoms with van der Waals surface area (Å²) in [5.41, 5.74) is 2.47. The molecule has 0 saturated carbocycles. The normalized spacial score (nSPS) is 19.9. The number of hydrogen-bond donors (Lipinski definition) is 3. The maximum absolute atomic E-state index is 13.4. The lowest BCUT2D eigenvalue weighted by molar-refractivity contribution is -0.0193. The predicted molar refractivity (Wildman–Crippen MR) is 137 cm³/mol. The van der Waals surface area contributed by atoms with Crippen LogP contribution >= 0.6 is 0 Å². The minimum Gasteiger partial charge on any atom is -0.444 e. The summed E-state index contributed by atoms with van der Waals surface area (Å²) in [6.07, 6.45) is -1.03. The highest BCUT2D eigenvalue weighted by Gasteiger charge is 2.41. The molecule has 0 bridgehead atoms. The van der Waals surface area contributed by atoms with Crippen LogP contribution in [0.25, 0.3) is 0 Å². The molecule has 0 aliphatic carbocycles. The van der Waals surface area contributed by atoms with Gasteiger partial charge in [0.1, 0.15) is 5.60 Å². The Bertz CT molecular complexity index is 1160. The zero-order chi connectivity index (χ0) is 26.4. The van der Waals surface area contributed by atoms with Gasteiger partial charge >= 0.3 is 13.2 Å². The number of nitrogens with zero attached hydrogens (tertiary/aromatic N) is 2. The molecule has 0 spiro atoms. The largest absolute Gasteiger partial charge is 0.488 e. The molecule has 4 rings (SSSR count). The van der Waals surface area contributed by atoms with E-state index in [1.807, 2.05) is 38.1 Å². The molecule has 0 aromatic heterocycles. The van der Waals surface area contributed by atoms with E-state index in [9.17, 15) is 24.7 Å². The predicted octanol–water partition coefficient (Wildman–Crippen LogP) is 1.82. The van der Waals surface area contributed by atoms with Crippen molar-refractivity contribution in [2.75, 3.05) is 13.1 Å². The molecular weight excluding hydrogens is 459 g/mol. The molecule has 2 amide bonds. The van der Waals surface area contributed by atoms with Gasteiger partial charge in [0.05, 0.1) is 12.1 Å². The van der Waals surface area contributed by atoms with Crippen LogP contribution in [0.15, 0.2) is 42.5 Å². The van der Waals surface area contributed by atoms with Crippen LogP contribution in [-0.4, -0.2) is 74.9 Å². The van der Waals surface area contributed by atoms with Crippen molar-refractivity contribution in [2.45, 2.75) is 70.7 Å². The van der Waals surface area contributed by atoms with Gasteiger partial charge in [-0.1, -0.05) is 50.2 Å². The van der Waals surface area contributed by atoms with E-state index in [-0.39, 0.29) is 12.5 Å². The average Bonchev–Trinajstić information content (AvgIpc) is 2.80. The van der Waals surface area contributed by atoms with Crippen LogP contribution in [0.3, 0.4) is 0 Å². The Morgan fingerprint density at radius 2 is 1.83 bits per heavy atom. The van der Waals surface area contributed by atoms with Crippen molar-refractivity contribution in [2.24, 2.45) is 0 Å². The van der Waals surface area contributed by atoms with E-state index in [4.69, 9.17) is 4.74 Å². The van der Waals surface area contributed by atoms with E-state index in [0.29, 0.717) is 30.5 Å². The molecule has 2 aliphatic rings. The minimum atomic E-state index is -1.62. The molecule has 2 aromatic carbocycles. The van der Waals surface area contributed by atoms with E-state index in [1.54, 1.807) is 42.7 Å². The molecule has 8 nitrogen and oxygen atoms in total. The van der Waals surface area contributed by atoms with E-state index >= 15 is 0 Å². The Balaban J connectivity index is 1.60. The first-order chi connectivity index (χ1) is 16.8. The van der Waals surface area contributed by atoms with Gasteiger partial charge in [0.15, 0.2) is 0 Å². The summed E-state index contributed by atoms with van der Waals surface area (Å²) in [7, 11) is -1.62. The highest BCUT2D eigenvalue weighted by molar-refractivity contribution is 6.58. The van der Waals surface area contributed by atoms with E-state index in [1.165, 1.54) is 6.07 Å². The number of amides is 2. The van der Waals surface area contributed by atoms with Crippen molar-refractivity contribution in [3.63, 3.8) is 0 Å². The fraction of sp³-hybridized carbons (Fsp3) is 0.481. The van der Waals surface area contributed by atoms with Gasteiger partial charge in [0.25, 0.3) is 5.91 Å². The van der Waals surface area contributed by atoms with Gasteiger partial charge in [-0.15, -0.1) is 0 Å². The lowest BCUT2D eigenvalue weighted by Gasteiger charge is -2.44. The Morgan fingerprint density at radius 3 is 2.47 bits per heavy atom. The Labute approximate surface area is 212 Å². The van der Waals surface area contributed by atoms with Crippen LogP contribution in [0.5, 0.6) is 0 Å². The molecule has 2 aliphatic heterocycles. The number of rotatable bonds is 4. The smallest absolute Gasteiger partial charge is 0.444 e. The average molecular weight is 494 g/mol. The first kappa shape index (κ1) is 26.2. The first-order valence-corrected chi connectivity index (χ1v) is 12.3. The summed E-state index contributed by atoms with van der Waals surface area (Å²) in [5, 5.41) is 30.6. The third-order valence-corrected chi connectivity index (χ3v) is 6.94. The van der Waals surface area contributed by atoms with E-state index in [0.717, 1.165) is 16.7 Å². The van der Waals surface area contributed by atoms with Crippen LogP contribution in [0, 0.1) is 0 Å². The fourth-order valence-electron chi connectivity index (χ4n) is 5.18. The van der Waals surface area contributed by atoms with Crippen LogP contribution < -0.4 is 5.46 Å². The summed E-state index contributed by atoms with van der Waals surface area (Å²) in [5.74, 6) is -0.234. The van der Waals surface area contributed by atoms with Gasteiger partial charge in [-0.3, -0.25) is 9.69 Å². The number of aliphatic hydroxyl groups is 1. The highest BCUT2D eigenvalue weighted by atomic mass is 16.6. The molecule has 192 valence electrons. The van der Waals surface area contributed by atoms with Gasteiger partial charge < -0.3 is 24.8 Å². The summed E-state index contributed by atoms with van der Waals surface area (Å²) in [6.45, 7) is 10.1. The number of fused-ring (bicyclic) bond motifs is 2. The molecule has 36 heavy (non-hydrogen) atoms. The summed E-state index contributed by atoms with van der Waals surface area (Å²) < 4.78 is 5.65. The maximum Gasteiger partial charge on any atom is 0.488 e. The van der Waals surface area contributed by atoms with Crippen LogP contribution in [-0.2, 0) is 23.1 Å². The zero-order valence-electron chi connectivity index (χ0n) is 21.6. The third kappa shape index (κ3) is 5.28. The minimum absolute atomic E-state index is 0.0538. The second-order valence-corrected chi connectivity index (χ2v) is 11.5. The molecule has 1 unspecified atom stereocenters. The number of ether oxygens (including phenoxy) is 1. The fourth-order valence-corrected chi connectivity index (χ4v) is 5.18. The lowest BCUT2D eigenvalue weighted by atomic mass is 9.72. The number of benzene rings is 2. The molecule has 0 radical (unpaired) electrons. The summed E-state index contributed by atoms with van der Waals surface area (Å²) in [6, 6.07) is 12.1. The van der Waals surface area contributed by atoms with Crippen molar-refractivity contribution in [1.82, 2.24) is 9.80 Å². The van der Waals surface area contributed by atoms with Crippen LogP contribution in [0.2, 0.25) is 0 Å². The number of aliphatic hydroxyl groups excluding tert-OH is 1. The lowest BCUT2D eigenvalue weighted by Crippen LogP contribution is -2.57. The number of carbonyl (C=O) groups is 2. The Hall–Kier alpha value is -2.88. The number of carbonyl (C=O) groups excluding carboxylic acids is 2. The maximum atomic E-state index is 13.4. The molecule has 2 aromatic rings. The van der Waals surface area contributed by atoms with Crippen molar-refractivity contribution in [1.29, 1.82) is 0 Å². The summed E-state index contributed by atoms with van der Waals surface area (Å²) >= 11 is 0. The van der Waals surface area contributed by atoms with Gasteiger partial charge in [0, 0.05) is 30.6 Å². The highest BCUT2D eigenvalue weighted by Crippen LogP contribution is 2.34. The second kappa shape index (κ2) is 9.54. The van der Waals surface area contributed by atoms with E-state index < -0.39 is 36.4 Å². The molecule has 0 saturated heterocycles. The monoisotopic (exact) mass is 494 g/mol. The van der Waals surface area contributed by atoms with Crippen LogP contribution in [0.4, 0.5) is 4.79 Å². The summed E-state index contributed by atoms with van der Waals surface area (Å²) in [4.78, 5) is 29.7. The molecule has 3 N–H and O–H groups in total. The Morgan fingerprint density at radius 1 is 1.17 bits per heavy atom. The van der Waals surface area contributed by atoms with Gasteiger partial charge in [-0.05, 0) is 55.4 Å². The Kier molecular flexibility index (Phi) is 6.94. The SMILES string of the molecule is CC(C)(C)OC(=O)N1Cc2ccccc2C[C@H]1C(O)CN1CC(C)(C)c2cc(B(O)O)ccc2C1=O. The standard InChI is InChI=1S/C27H35BN2O6/c1-26(2,3)36-25(33)30-14-18-9-7-6-8-17(18)12-22(30)23(31)15-29-16-27(4,5)21-13-19(28(34)35)10-11-20(21)24(29)32/h6-11,13,22-23,31,34-35H,12,14-16H2,1-5H3/t22-,23?/m0/s1. The van der Waals surface area contributed by atoms with Gasteiger partial charge in [-0.2, -0.15) is 0 Å². The molecular formula is C27H35BN2O6. The molecule has 2 heterocycles. The van der Waals surface area contributed by atoms with Crippen molar-refractivity contribution < 1.29 is 29.5 Å². The quantitative estimate of drug-likeness (QED) is 0.560. The number of hydrogen-bond acceptors (Lipinski definition) is 6.